The molecule has 100 valence electrons. The maximum Gasteiger partial charge on any atom is 0.451 e. The molecule has 0 amide bonds. The van der Waals surface area contributed by atoms with E-state index in [2.05, 4.69) is 9.97 Å². The van der Waals surface area contributed by atoms with Crippen molar-refractivity contribution in [3.8, 4) is 11.1 Å². The SMILES string of the molecule is Cc1ccc(-c2cnc(C(F)(F)F)nc2)cc1CN. The molecule has 0 spiro atoms. The molecule has 0 aliphatic rings. The fraction of sp³-hybridized carbons (Fsp3) is 0.231. The lowest BCUT2D eigenvalue weighted by Gasteiger charge is -2.08. The first kappa shape index (κ1) is 13.5. The first-order chi connectivity index (χ1) is 8.91. The van der Waals surface area contributed by atoms with Gasteiger partial charge in [-0.05, 0) is 29.7 Å². The summed E-state index contributed by atoms with van der Waals surface area (Å²) in [6, 6.07) is 5.51. The zero-order valence-corrected chi connectivity index (χ0v) is 10.2. The molecule has 0 fully saturated rings. The number of alkyl halides is 3. The van der Waals surface area contributed by atoms with E-state index in [-0.39, 0.29) is 0 Å². The normalized spacial score (nSPS) is 11.6. The zero-order valence-electron chi connectivity index (χ0n) is 10.2. The van der Waals surface area contributed by atoms with Gasteiger partial charge in [0.25, 0.3) is 0 Å². The Morgan fingerprint density at radius 3 is 2.26 bits per heavy atom. The smallest absolute Gasteiger partial charge is 0.326 e. The molecule has 6 heteroatoms. The van der Waals surface area contributed by atoms with E-state index in [1.54, 1.807) is 6.07 Å². The van der Waals surface area contributed by atoms with E-state index in [0.29, 0.717) is 12.1 Å². The van der Waals surface area contributed by atoms with Crippen LogP contribution < -0.4 is 5.73 Å². The minimum Gasteiger partial charge on any atom is -0.326 e. The highest BCUT2D eigenvalue weighted by molar-refractivity contribution is 5.63. The second-order valence-electron chi connectivity index (χ2n) is 4.14. The Hall–Kier alpha value is -1.95. The molecule has 0 saturated heterocycles. The minimum atomic E-state index is -4.52. The Morgan fingerprint density at radius 2 is 1.74 bits per heavy atom. The molecule has 19 heavy (non-hydrogen) atoms. The highest BCUT2D eigenvalue weighted by Gasteiger charge is 2.34. The highest BCUT2D eigenvalue weighted by Crippen LogP contribution is 2.27. The van der Waals surface area contributed by atoms with E-state index in [0.717, 1.165) is 16.7 Å². The van der Waals surface area contributed by atoms with Gasteiger partial charge in [-0.2, -0.15) is 13.2 Å². The van der Waals surface area contributed by atoms with Crippen molar-refractivity contribution in [2.24, 2.45) is 5.73 Å². The summed E-state index contributed by atoms with van der Waals surface area (Å²) in [5.74, 6) is -1.14. The number of rotatable bonds is 2. The van der Waals surface area contributed by atoms with Gasteiger partial charge in [-0.3, -0.25) is 0 Å². The molecule has 0 bridgehead atoms. The number of benzene rings is 1. The van der Waals surface area contributed by atoms with Gasteiger partial charge in [-0.25, -0.2) is 9.97 Å². The second kappa shape index (κ2) is 4.97. The standard InChI is InChI=1S/C13H12F3N3/c1-8-2-3-9(4-10(8)5-17)11-6-18-12(19-7-11)13(14,15)16/h2-4,6-7H,5,17H2,1H3. The van der Waals surface area contributed by atoms with Crippen LogP contribution in [0.5, 0.6) is 0 Å². The molecule has 1 aromatic heterocycles. The Morgan fingerprint density at radius 1 is 1.11 bits per heavy atom. The van der Waals surface area contributed by atoms with Gasteiger partial charge in [-0.15, -0.1) is 0 Å². The lowest BCUT2D eigenvalue weighted by Crippen LogP contribution is -2.10. The summed E-state index contributed by atoms with van der Waals surface area (Å²) < 4.78 is 37.1. The highest BCUT2D eigenvalue weighted by atomic mass is 19.4. The molecular weight excluding hydrogens is 255 g/mol. The number of halogens is 3. The quantitative estimate of drug-likeness (QED) is 0.910. The van der Waals surface area contributed by atoms with Crippen LogP contribution in [0.3, 0.4) is 0 Å². The van der Waals surface area contributed by atoms with Crippen LogP contribution in [-0.4, -0.2) is 9.97 Å². The van der Waals surface area contributed by atoms with Crippen LogP contribution in [0.4, 0.5) is 13.2 Å². The average molecular weight is 267 g/mol. The van der Waals surface area contributed by atoms with Gasteiger partial charge >= 0.3 is 6.18 Å². The van der Waals surface area contributed by atoms with Crippen molar-refractivity contribution in [2.45, 2.75) is 19.6 Å². The summed E-state index contributed by atoms with van der Waals surface area (Å²) in [4.78, 5) is 6.67. The number of nitrogens with zero attached hydrogens (tertiary/aromatic N) is 2. The molecule has 0 atom stereocenters. The van der Waals surface area contributed by atoms with Crippen molar-refractivity contribution >= 4 is 0 Å². The molecule has 2 aromatic rings. The molecule has 1 heterocycles. The lowest BCUT2D eigenvalue weighted by atomic mass is 10.0. The van der Waals surface area contributed by atoms with Crippen LogP contribution in [0, 0.1) is 6.92 Å². The Balaban J connectivity index is 2.37. The van der Waals surface area contributed by atoms with Crippen molar-refractivity contribution in [1.82, 2.24) is 9.97 Å². The van der Waals surface area contributed by atoms with E-state index < -0.39 is 12.0 Å². The van der Waals surface area contributed by atoms with Crippen molar-refractivity contribution in [3.05, 3.63) is 47.5 Å². The summed E-state index contributed by atoms with van der Waals surface area (Å²) in [7, 11) is 0. The van der Waals surface area contributed by atoms with Gasteiger partial charge in [0.05, 0.1) is 0 Å². The molecule has 0 saturated carbocycles. The van der Waals surface area contributed by atoms with Crippen LogP contribution >= 0.6 is 0 Å². The Labute approximate surface area is 108 Å². The van der Waals surface area contributed by atoms with Crippen LogP contribution in [0.1, 0.15) is 17.0 Å². The third-order valence-corrected chi connectivity index (χ3v) is 2.81. The van der Waals surface area contributed by atoms with E-state index >= 15 is 0 Å². The topological polar surface area (TPSA) is 51.8 Å². The Kier molecular flexibility index (Phi) is 3.53. The number of aryl methyl sites for hydroxylation is 1. The summed E-state index contributed by atoms with van der Waals surface area (Å²) in [5, 5.41) is 0. The van der Waals surface area contributed by atoms with Crippen molar-refractivity contribution < 1.29 is 13.2 Å². The molecule has 0 unspecified atom stereocenters. The third kappa shape index (κ3) is 2.90. The predicted molar refractivity (Wildman–Crippen MR) is 65.1 cm³/mol. The molecule has 0 aliphatic carbocycles. The maximum atomic E-state index is 12.4. The first-order valence-electron chi connectivity index (χ1n) is 5.61. The van der Waals surface area contributed by atoms with E-state index in [1.165, 1.54) is 12.4 Å². The van der Waals surface area contributed by atoms with Gasteiger partial charge in [0, 0.05) is 24.5 Å². The van der Waals surface area contributed by atoms with Crippen molar-refractivity contribution in [3.63, 3.8) is 0 Å². The molecule has 3 nitrogen and oxygen atoms in total. The van der Waals surface area contributed by atoms with E-state index in [9.17, 15) is 13.2 Å². The Bertz CT molecular complexity index is 577. The second-order valence-corrected chi connectivity index (χ2v) is 4.14. The number of nitrogens with two attached hydrogens (primary N) is 1. The average Bonchev–Trinajstić information content (AvgIpc) is 2.38. The first-order valence-corrected chi connectivity index (χ1v) is 5.61. The third-order valence-electron chi connectivity index (χ3n) is 2.81. The van der Waals surface area contributed by atoms with Gasteiger partial charge in [0.15, 0.2) is 0 Å². The summed E-state index contributed by atoms with van der Waals surface area (Å²) in [5.41, 5.74) is 8.86. The molecule has 2 rings (SSSR count). The number of hydrogen-bond donors (Lipinski definition) is 1. The van der Waals surface area contributed by atoms with Crippen LogP contribution in [-0.2, 0) is 12.7 Å². The summed E-state index contributed by atoms with van der Waals surface area (Å²) in [6.07, 6.45) is -2.18. The predicted octanol–water partition coefficient (Wildman–Crippen LogP) is 2.93. The molecule has 1 aromatic carbocycles. The van der Waals surface area contributed by atoms with Crippen molar-refractivity contribution in [2.75, 3.05) is 0 Å². The van der Waals surface area contributed by atoms with E-state index in [4.69, 9.17) is 5.73 Å². The lowest BCUT2D eigenvalue weighted by molar-refractivity contribution is -0.144. The number of hydrogen-bond acceptors (Lipinski definition) is 3. The van der Waals surface area contributed by atoms with Gasteiger partial charge in [0.1, 0.15) is 0 Å². The van der Waals surface area contributed by atoms with Crippen molar-refractivity contribution in [1.29, 1.82) is 0 Å². The fourth-order valence-electron chi connectivity index (χ4n) is 1.69. The summed E-state index contributed by atoms with van der Waals surface area (Å²) in [6.45, 7) is 2.30. The molecular formula is C13H12F3N3. The van der Waals surface area contributed by atoms with Crippen LogP contribution in [0.25, 0.3) is 11.1 Å². The van der Waals surface area contributed by atoms with Gasteiger partial charge in [0.2, 0.25) is 5.82 Å². The molecule has 0 aliphatic heterocycles. The molecule has 2 N–H and O–H groups in total. The monoisotopic (exact) mass is 267 g/mol. The zero-order chi connectivity index (χ0) is 14.0. The van der Waals surface area contributed by atoms with Gasteiger partial charge < -0.3 is 5.73 Å². The largest absolute Gasteiger partial charge is 0.451 e. The molecule has 0 radical (unpaired) electrons. The van der Waals surface area contributed by atoms with Crippen LogP contribution in [0.15, 0.2) is 30.6 Å². The fourth-order valence-corrected chi connectivity index (χ4v) is 1.69. The maximum absolute atomic E-state index is 12.4. The summed E-state index contributed by atoms with van der Waals surface area (Å²) >= 11 is 0. The minimum absolute atomic E-state index is 0.376. The van der Waals surface area contributed by atoms with E-state index in [1.807, 2.05) is 19.1 Å². The van der Waals surface area contributed by atoms with Crippen LogP contribution in [0.2, 0.25) is 0 Å². The number of aromatic nitrogens is 2. The van der Waals surface area contributed by atoms with Gasteiger partial charge in [-0.1, -0.05) is 12.1 Å².